The molecule has 9 heteroatoms. The number of pyridine rings is 2. The van der Waals surface area contributed by atoms with Gasteiger partial charge in [0.2, 0.25) is 0 Å². The lowest BCUT2D eigenvalue weighted by Gasteiger charge is -2.31. The molecular formula is C37H46F2N6O. The smallest absolute Gasteiger partial charge is 0.274 e. The number of carbonyl (C=O) groups excluding carboxylic acids is 1. The standard InChI is InChI=1S/C37H46F2N6O/c1-2-5-27-6-4-16-44(17-12-27)26-33-11-10-32(24-42-33)43-36(46)35-34-21-30(9-8-29(34)7-3-15-41-35)31-20-28(22-40-23-31)25-45-18-13-37(38,39)14-19-45/h8-11,20-24,27H,2-7,12-19,25-26H2,1H3,(H,43,46). The molecule has 2 fully saturated rings. The van der Waals surface area contributed by atoms with Crippen molar-refractivity contribution in [1.82, 2.24) is 19.8 Å². The number of benzene rings is 1. The van der Waals surface area contributed by atoms with Crippen LogP contribution in [0.4, 0.5) is 14.5 Å². The maximum atomic E-state index is 13.6. The first-order valence-corrected chi connectivity index (χ1v) is 17.1. The molecule has 0 spiro atoms. The first-order valence-electron chi connectivity index (χ1n) is 17.1. The van der Waals surface area contributed by atoms with Gasteiger partial charge in [-0.2, -0.15) is 0 Å². The minimum atomic E-state index is -2.56. The molecule has 0 radical (unpaired) electrons. The van der Waals surface area contributed by atoms with Crippen LogP contribution in [0, 0.1) is 5.92 Å². The molecule has 1 aromatic carbocycles. The first kappa shape index (κ1) is 32.4. The van der Waals surface area contributed by atoms with E-state index >= 15 is 0 Å². The van der Waals surface area contributed by atoms with Crippen molar-refractivity contribution in [2.75, 3.05) is 38.0 Å². The van der Waals surface area contributed by atoms with E-state index in [0.717, 1.165) is 71.9 Å². The van der Waals surface area contributed by atoms with Gasteiger partial charge in [0.15, 0.2) is 0 Å². The number of alkyl halides is 2. The van der Waals surface area contributed by atoms with Gasteiger partial charge in [0.05, 0.1) is 17.6 Å². The van der Waals surface area contributed by atoms with Gasteiger partial charge in [-0.25, -0.2) is 8.78 Å². The molecule has 244 valence electrons. The maximum absolute atomic E-state index is 13.6. The third kappa shape index (κ3) is 8.42. The summed E-state index contributed by atoms with van der Waals surface area (Å²) in [5.74, 6) is -1.95. The fourth-order valence-electron chi connectivity index (χ4n) is 7.05. The van der Waals surface area contributed by atoms with E-state index in [9.17, 15) is 13.6 Å². The number of aromatic nitrogens is 2. The van der Waals surface area contributed by atoms with Crippen molar-refractivity contribution in [2.24, 2.45) is 10.9 Å². The largest absolute Gasteiger partial charge is 0.319 e. The molecule has 6 rings (SSSR count). The number of fused-ring (bicyclic) bond motifs is 1. The fourth-order valence-corrected chi connectivity index (χ4v) is 7.05. The van der Waals surface area contributed by atoms with E-state index in [0.29, 0.717) is 37.6 Å². The van der Waals surface area contributed by atoms with E-state index in [2.05, 4.69) is 50.2 Å². The van der Waals surface area contributed by atoms with E-state index in [-0.39, 0.29) is 18.7 Å². The number of anilines is 1. The topological polar surface area (TPSA) is 73.7 Å². The van der Waals surface area contributed by atoms with Crippen molar-refractivity contribution in [2.45, 2.75) is 83.7 Å². The highest BCUT2D eigenvalue weighted by molar-refractivity contribution is 6.49. The molecule has 46 heavy (non-hydrogen) atoms. The Morgan fingerprint density at radius 3 is 2.59 bits per heavy atom. The molecular weight excluding hydrogens is 582 g/mol. The molecule has 3 aliphatic rings. The fraction of sp³-hybridized carbons (Fsp3) is 0.514. The number of hydrogen-bond donors (Lipinski definition) is 1. The highest BCUT2D eigenvalue weighted by atomic mass is 19.3. The van der Waals surface area contributed by atoms with Crippen LogP contribution in [0.25, 0.3) is 11.1 Å². The van der Waals surface area contributed by atoms with Crippen LogP contribution in [0.5, 0.6) is 0 Å². The van der Waals surface area contributed by atoms with E-state index in [1.54, 1.807) is 12.4 Å². The van der Waals surface area contributed by atoms with Crippen molar-refractivity contribution < 1.29 is 13.6 Å². The van der Waals surface area contributed by atoms with Gasteiger partial charge in [-0.05, 0) is 92.1 Å². The first-order chi connectivity index (χ1) is 22.3. The Bertz CT molecular complexity index is 1510. The maximum Gasteiger partial charge on any atom is 0.274 e. The quantitative estimate of drug-likeness (QED) is 0.273. The Labute approximate surface area is 271 Å². The lowest BCUT2D eigenvalue weighted by atomic mass is 9.94. The average molecular weight is 629 g/mol. The van der Waals surface area contributed by atoms with Gasteiger partial charge in [-0.15, -0.1) is 0 Å². The van der Waals surface area contributed by atoms with Crippen LogP contribution in [-0.2, 0) is 24.3 Å². The van der Waals surface area contributed by atoms with Crippen LogP contribution in [-0.4, -0.2) is 70.0 Å². The number of piperidine rings is 1. The van der Waals surface area contributed by atoms with Crippen LogP contribution in [0.15, 0.2) is 60.0 Å². The molecule has 1 unspecified atom stereocenters. The lowest BCUT2D eigenvalue weighted by Crippen LogP contribution is -2.38. The molecule has 3 aliphatic heterocycles. The second-order valence-electron chi connectivity index (χ2n) is 13.3. The summed E-state index contributed by atoms with van der Waals surface area (Å²) in [6.45, 7) is 7.26. The molecule has 0 bridgehead atoms. The molecule has 7 nitrogen and oxygen atoms in total. The minimum absolute atomic E-state index is 0.104. The summed E-state index contributed by atoms with van der Waals surface area (Å²) in [6, 6.07) is 12.2. The molecule has 0 aliphatic carbocycles. The average Bonchev–Trinajstić information content (AvgIpc) is 3.41. The number of amides is 1. The predicted molar refractivity (Wildman–Crippen MR) is 179 cm³/mol. The summed E-state index contributed by atoms with van der Waals surface area (Å²) >= 11 is 0. The van der Waals surface area contributed by atoms with Gasteiger partial charge >= 0.3 is 0 Å². The van der Waals surface area contributed by atoms with E-state index < -0.39 is 5.92 Å². The predicted octanol–water partition coefficient (Wildman–Crippen LogP) is 7.15. The van der Waals surface area contributed by atoms with Gasteiger partial charge in [-0.1, -0.05) is 31.9 Å². The number of nitrogens with zero attached hydrogens (tertiary/aromatic N) is 5. The van der Waals surface area contributed by atoms with Gasteiger partial charge in [-0.3, -0.25) is 29.6 Å². The van der Waals surface area contributed by atoms with Gasteiger partial charge < -0.3 is 5.32 Å². The third-order valence-electron chi connectivity index (χ3n) is 9.68. The van der Waals surface area contributed by atoms with Crippen molar-refractivity contribution in [3.63, 3.8) is 0 Å². The number of nitrogens with one attached hydrogen (secondary N) is 1. The zero-order chi connectivity index (χ0) is 31.9. The molecule has 5 heterocycles. The molecule has 0 saturated carbocycles. The molecule has 1 N–H and O–H groups in total. The van der Waals surface area contributed by atoms with Crippen LogP contribution >= 0.6 is 0 Å². The normalized spacial score (nSPS) is 20.7. The number of aliphatic imine (C=N–C) groups is 1. The Hall–Kier alpha value is -3.56. The van der Waals surface area contributed by atoms with E-state index in [4.69, 9.17) is 4.99 Å². The third-order valence-corrected chi connectivity index (χ3v) is 9.68. The molecule has 2 aromatic heterocycles. The van der Waals surface area contributed by atoms with Gasteiger partial charge in [0, 0.05) is 69.1 Å². The van der Waals surface area contributed by atoms with E-state index in [1.807, 2.05) is 24.4 Å². The molecule has 3 aromatic rings. The molecule has 1 amide bonds. The highest BCUT2D eigenvalue weighted by Gasteiger charge is 2.33. The summed E-state index contributed by atoms with van der Waals surface area (Å²) in [5.41, 5.74) is 6.90. The zero-order valence-electron chi connectivity index (χ0n) is 27.0. The number of hydrogen-bond acceptors (Lipinski definition) is 6. The Morgan fingerprint density at radius 2 is 1.78 bits per heavy atom. The SMILES string of the molecule is CCCC1CCCN(Cc2ccc(NC(=O)C3=NCCCc4ccc(-c5cncc(CN6CCC(F)(F)CC6)c5)cc43)cn2)CC1. The number of halogens is 2. The summed E-state index contributed by atoms with van der Waals surface area (Å²) in [4.78, 5) is 32.1. The van der Waals surface area contributed by atoms with Crippen molar-refractivity contribution >= 4 is 17.3 Å². The second-order valence-corrected chi connectivity index (χ2v) is 13.3. The summed E-state index contributed by atoms with van der Waals surface area (Å²) < 4.78 is 27.3. The van der Waals surface area contributed by atoms with Crippen molar-refractivity contribution in [1.29, 1.82) is 0 Å². The highest BCUT2D eigenvalue weighted by Crippen LogP contribution is 2.30. The number of rotatable bonds is 9. The number of aryl methyl sites for hydroxylation is 1. The van der Waals surface area contributed by atoms with Gasteiger partial charge in [0.25, 0.3) is 11.8 Å². The van der Waals surface area contributed by atoms with Gasteiger partial charge in [0.1, 0.15) is 5.71 Å². The van der Waals surface area contributed by atoms with Crippen LogP contribution in [0.3, 0.4) is 0 Å². The monoisotopic (exact) mass is 628 g/mol. The molecule has 2 saturated heterocycles. The number of likely N-dealkylation sites (tertiary alicyclic amines) is 2. The Kier molecular flexibility index (Phi) is 10.5. The minimum Gasteiger partial charge on any atom is -0.319 e. The lowest BCUT2D eigenvalue weighted by molar-refractivity contribution is -0.110. The number of carbonyl (C=O) groups is 1. The van der Waals surface area contributed by atoms with Crippen LogP contribution < -0.4 is 5.32 Å². The van der Waals surface area contributed by atoms with Crippen LogP contribution in [0.2, 0.25) is 0 Å². The van der Waals surface area contributed by atoms with Crippen LogP contribution in [0.1, 0.15) is 80.7 Å². The summed E-state index contributed by atoms with van der Waals surface area (Å²) in [6.07, 6.45) is 13.3. The van der Waals surface area contributed by atoms with Crippen molar-refractivity contribution in [3.05, 3.63) is 77.4 Å². The Morgan fingerprint density at radius 1 is 0.935 bits per heavy atom. The molecule has 1 atom stereocenters. The van der Waals surface area contributed by atoms with Crippen molar-refractivity contribution in [3.8, 4) is 11.1 Å². The Balaban J connectivity index is 1.12. The summed E-state index contributed by atoms with van der Waals surface area (Å²) in [5, 5.41) is 3.04. The summed E-state index contributed by atoms with van der Waals surface area (Å²) in [7, 11) is 0. The zero-order valence-corrected chi connectivity index (χ0v) is 27.0. The van der Waals surface area contributed by atoms with E-state index in [1.165, 1.54) is 32.1 Å². The second kappa shape index (κ2) is 14.9.